The molecule has 2 atom stereocenters. The summed E-state index contributed by atoms with van der Waals surface area (Å²) in [5.74, 6) is 0. The zero-order valence-corrected chi connectivity index (χ0v) is 14.8. The fourth-order valence-electron chi connectivity index (χ4n) is 2.83. The molecule has 6 nitrogen and oxygen atoms in total. The standard InChI is InChI=1S/C17H28N4O2/c1-13(15-11-18-8-9-19-15)20(5)12-14-7-6-10-21(14)16(22)23-17(2,3)4/h8-9,11,13-14H,6-7,10,12H2,1-5H3/t13-,14+/m0/s1. The molecule has 1 aliphatic rings. The summed E-state index contributed by atoms with van der Waals surface area (Å²) in [6, 6.07) is 0.346. The quantitative estimate of drug-likeness (QED) is 0.854. The van der Waals surface area contributed by atoms with Gasteiger partial charge in [-0.15, -0.1) is 0 Å². The zero-order valence-electron chi connectivity index (χ0n) is 14.8. The predicted octanol–water partition coefficient (Wildman–Crippen LogP) is 2.87. The molecule has 2 rings (SSSR count). The first kappa shape index (κ1) is 17.7. The number of ether oxygens (including phenoxy) is 1. The third-order valence-electron chi connectivity index (χ3n) is 4.18. The summed E-state index contributed by atoms with van der Waals surface area (Å²) in [4.78, 5) is 24.9. The zero-order chi connectivity index (χ0) is 17.0. The van der Waals surface area contributed by atoms with Crippen molar-refractivity contribution >= 4 is 6.09 Å². The topological polar surface area (TPSA) is 58.6 Å². The highest BCUT2D eigenvalue weighted by Crippen LogP contribution is 2.24. The van der Waals surface area contributed by atoms with Gasteiger partial charge in [0.2, 0.25) is 0 Å². The molecule has 1 saturated heterocycles. The van der Waals surface area contributed by atoms with Crippen LogP contribution in [0.2, 0.25) is 0 Å². The molecule has 1 aromatic rings. The van der Waals surface area contributed by atoms with Crippen LogP contribution in [-0.4, -0.2) is 57.6 Å². The van der Waals surface area contributed by atoms with Crippen molar-refractivity contribution in [3.8, 4) is 0 Å². The summed E-state index contributed by atoms with van der Waals surface area (Å²) in [7, 11) is 2.06. The number of nitrogens with zero attached hydrogens (tertiary/aromatic N) is 4. The van der Waals surface area contributed by atoms with Crippen molar-refractivity contribution in [2.24, 2.45) is 0 Å². The van der Waals surface area contributed by atoms with Crippen molar-refractivity contribution in [1.82, 2.24) is 19.8 Å². The molecule has 0 saturated carbocycles. The first-order valence-corrected chi connectivity index (χ1v) is 8.23. The lowest BCUT2D eigenvalue weighted by molar-refractivity contribution is 0.0193. The maximum Gasteiger partial charge on any atom is 0.410 e. The lowest BCUT2D eigenvalue weighted by Gasteiger charge is -2.32. The molecule has 0 spiro atoms. The van der Waals surface area contributed by atoms with Gasteiger partial charge < -0.3 is 9.64 Å². The third kappa shape index (κ3) is 4.89. The first-order chi connectivity index (χ1) is 10.8. The molecule has 1 amide bonds. The Morgan fingerprint density at radius 3 is 2.83 bits per heavy atom. The predicted molar refractivity (Wildman–Crippen MR) is 89.0 cm³/mol. The van der Waals surface area contributed by atoms with Crippen molar-refractivity contribution < 1.29 is 9.53 Å². The number of aromatic nitrogens is 2. The summed E-state index contributed by atoms with van der Waals surface area (Å²) < 4.78 is 5.52. The van der Waals surface area contributed by atoms with E-state index in [4.69, 9.17) is 4.74 Å². The summed E-state index contributed by atoms with van der Waals surface area (Å²) in [5, 5.41) is 0. The van der Waals surface area contributed by atoms with Crippen LogP contribution in [0.3, 0.4) is 0 Å². The van der Waals surface area contributed by atoms with E-state index in [-0.39, 0.29) is 18.2 Å². The fraction of sp³-hybridized carbons (Fsp3) is 0.706. The maximum atomic E-state index is 12.4. The monoisotopic (exact) mass is 320 g/mol. The Kier molecular flexibility index (Phi) is 5.57. The van der Waals surface area contributed by atoms with E-state index >= 15 is 0 Å². The minimum Gasteiger partial charge on any atom is -0.444 e. The van der Waals surface area contributed by atoms with Gasteiger partial charge in [-0.25, -0.2) is 4.79 Å². The SMILES string of the molecule is C[C@@H](c1cnccn1)N(C)C[C@H]1CCCN1C(=O)OC(C)(C)C. The summed E-state index contributed by atoms with van der Waals surface area (Å²) >= 11 is 0. The number of hydrogen-bond donors (Lipinski definition) is 0. The van der Waals surface area contributed by atoms with E-state index < -0.39 is 5.60 Å². The molecule has 6 heteroatoms. The van der Waals surface area contributed by atoms with Gasteiger partial charge in [0.1, 0.15) is 5.60 Å². The average molecular weight is 320 g/mol. The highest BCUT2D eigenvalue weighted by molar-refractivity contribution is 5.69. The van der Waals surface area contributed by atoms with Crippen molar-refractivity contribution in [3.05, 3.63) is 24.3 Å². The van der Waals surface area contributed by atoms with E-state index in [2.05, 4.69) is 28.8 Å². The van der Waals surface area contributed by atoms with Crippen LogP contribution in [0.5, 0.6) is 0 Å². The highest BCUT2D eigenvalue weighted by atomic mass is 16.6. The van der Waals surface area contributed by atoms with Crippen molar-refractivity contribution in [3.63, 3.8) is 0 Å². The molecule has 0 bridgehead atoms. The van der Waals surface area contributed by atoms with Crippen LogP contribution >= 0.6 is 0 Å². The minimum atomic E-state index is -0.455. The lowest BCUT2D eigenvalue weighted by Crippen LogP contribution is -2.45. The summed E-state index contributed by atoms with van der Waals surface area (Å²) in [5.41, 5.74) is 0.486. The van der Waals surface area contributed by atoms with Crippen LogP contribution < -0.4 is 0 Å². The molecule has 128 valence electrons. The number of likely N-dealkylation sites (N-methyl/N-ethyl adjacent to an activating group) is 1. The van der Waals surface area contributed by atoms with Crippen molar-refractivity contribution in [1.29, 1.82) is 0 Å². The second kappa shape index (κ2) is 7.25. The van der Waals surface area contributed by atoms with Crippen molar-refractivity contribution in [2.75, 3.05) is 20.1 Å². The Balaban J connectivity index is 1.96. The van der Waals surface area contributed by atoms with Crippen LogP contribution in [0.1, 0.15) is 52.3 Å². The van der Waals surface area contributed by atoms with Crippen LogP contribution in [0, 0.1) is 0 Å². The summed E-state index contributed by atoms with van der Waals surface area (Å²) in [6.45, 7) is 9.38. The average Bonchev–Trinajstić information content (AvgIpc) is 2.94. The van der Waals surface area contributed by atoms with Gasteiger partial charge in [-0.2, -0.15) is 0 Å². The largest absolute Gasteiger partial charge is 0.444 e. The smallest absolute Gasteiger partial charge is 0.410 e. The number of carbonyl (C=O) groups excluding carboxylic acids is 1. The Morgan fingerprint density at radius 1 is 1.48 bits per heavy atom. The second-order valence-corrected chi connectivity index (χ2v) is 7.22. The minimum absolute atomic E-state index is 0.157. The van der Waals surface area contributed by atoms with E-state index in [1.54, 1.807) is 18.6 Å². The second-order valence-electron chi connectivity index (χ2n) is 7.22. The summed E-state index contributed by atoms with van der Waals surface area (Å²) in [6.07, 6.45) is 7.01. The molecule has 0 N–H and O–H groups in total. The van der Waals surface area contributed by atoms with Crippen LogP contribution in [0.4, 0.5) is 4.79 Å². The molecular weight excluding hydrogens is 292 g/mol. The van der Waals surface area contributed by atoms with Gasteiger partial charge in [0, 0.05) is 37.7 Å². The van der Waals surface area contributed by atoms with Gasteiger partial charge in [-0.1, -0.05) is 0 Å². The first-order valence-electron chi connectivity index (χ1n) is 8.23. The van der Waals surface area contributed by atoms with Gasteiger partial charge in [-0.05, 0) is 47.6 Å². The third-order valence-corrected chi connectivity index (χ3v) is 4.18. The normalized spacial score (nSPS) is 19.9. The van der Waals surface area contributed by atoms with E-state index in [9.17, 15) is 4.79 Å². The fourth-order valence-corrected chi connectivity index (χ4v) is 2.83. The van der Waals surface area contributed by atoms with Gasteiger partial charge >= 0.3 is 6.09 Å². The molecular formula is C17H28N4O2. The van der Waals surface area contributed by atoms with Crippen LogP contribution in [0.25, 0.3) is 0 Å². The number of rotatable bonds is 4. The van der Waals surface area contributed by atoms with E-state index in [1.165, 1.54) is 0 Å². The van der Waals surface area contributed by atoms with Gasteiger partial charge in [0.25, 0.3) is 0 Å². The molecule has 0 unspecified atom stereocenters. The molecule has 2 heterocycles. The van der Waals surface area contributed by atoms with Gasteiger partial charge in [0.05, 0.1) is 11.7 Å². The Morgan fingerprint density at radius 2 is 2.22 bits per heavy atom. The molecule has 0 aromatic carbocycles. The van der Waals surface area contributed by atoms with Crippen LogP contribution in [0.15, 0.2) is 18.6 Å². The molecule has 1 fully saturated rings. The molecule has 0 radical (unpaired) electrons. The molecule has 0 aliphatic carbocycles. The number of amides is 1. The van der Waals surface area contributed by atoms with E-state index in [0.717, 1.165) is 31.6 Å². The van der Waals surface area contributed by atoms with E-state index in [0.29, 0.717) is 0 Å². The Labute approximate surface area is 138 Å². The number of hydrogen-bond acceptors (Lipinski definition) is 5. The highest BCUT2D eigenvalue weighted by Gasteiger charge is 2.33. The van der Waals surface area contributed by atoms with Crippen LogP contribution in [-0.2, 0) is 4.74 Å². The Hall–Kier alpha value is -1.69. The number of likely N-dealkylation sites (tertiary alicyclic amines) is 1. The van der Waals surface area contributed by atoms with Gasteiger partial charge in [-0.3, -0.25) is 14.9 Å². The lowest BCUT2D eigenvalue weighted by atomic mass is 10.1. The van der Waals surface area contributed by atoms with E-state index in [1.807, 2.05) is 25.7 Å². The maximum absolute atomic E-state index is 12.4. The molecule has 1 aromatic heterocycles. The number of carbonyl (C=O) groups is 1. The molecule has 1 aliphatic heterocycles. The Bertz CT molecular complexity index is 515. The van der Waals surface area contributed by atoms with Gasteiger partial charge in [0.15, 0.2) is 0 Å². The van der Waals surface area contributed by atoms with Crippen molar-refractivity contribution in [2.45, 2.75) is 58.2 Å². The molecule has 23 heavy (non-hydrogen) atoms.